The van der Waals surface area contributed by atoms with Crippen LogP contribution in [0.5, 0.6) is 0 Å². The SMILES string of the molecule is CCN(C(=O)Nc1c[nH]c2ccccc12)c1ccccc1. The Morgan fingerprint density at radius 3 is 2.57 bits per heavy atom. The number of hydrogen-bond acceptors (Lipinski definition) is 1. The highest BCUT2D eigenvalue weighted by molar-refractivity contribution is 6.07. The number of aromatic amines is 1. The second kappa shape index (κ2) is 5.71. The summed E-state index contributed by atoms with van der Waals surface area (Å²) in [7, 11) is 0. The number of rotatable bonds is 3. The summed E-state index contributed by atoms with van der Waals surface area (Å²) in [5, 5.41) is 3.98. The number of aromatic nitrogens is 1. The number of carbonyl (C=O) groups excluding carboxylic acids is 1. The smallest absolute Gasteiger partial charge is 0.326 e. The Morgan fingerprint density at radius 1 is 1.10 bits per heavy atom. The molecule has 4 heteroatoms. The zero-order chi connectivity index (χ0) is 14.7. The quantitative estimate of drug-likeness (QED) is 0.740. The lowest BCUT2D eigenvalue weighted by Gasteiger charge is -2.21. The minimum Gasteiger partial charge on any atom is -0.359 e. The number of para-hydroxylation sites is 2. The van der Waals surface area contributed by atoms with E-state index < -0.39 is 0 Å². The molecule has 1 heterocycles. The summed E-state index contributed by atoms with van der Waals surface area (Å²) in [6.07, 6.45) is 1.82. The van der Waals surface area contributed by atoms with Crippen molar-refractivity contribution in [3.8, 4) is 0 Å². The number of amides is 2. The third-order valence-corrected chi connectivity index (χ3v) is 3.46. The molecule has 106 valence electrons. The van der Waals surface area contributed by atoms with Crippen LogP contribution in [0.1, 0.15) is 6.92 Å². The Hall–Kier alpha value is -2.75. The van der Waals surface area contributed by atoms with E-state index in [1.807, 2.05) is 67.7 Å². The van der Waals surface area contributed by atoms with Crippen molar-refractivity contribution in [3.05, 3.63) is 60.8 Å². The molecule has 0 bridgehead atoms. The lowest BCUT2D eigenvalue weighted by molar-refractivity contribution is 0.257. The third-order valence-electron chi connectivity index (χ3n) is 3.46. The molecule has 1 aromatic heterocycles. The van der Waals surface area contributed by atoms with E-state index in [0.717, 1.165) is 22.3 Å². The average Bonchev–Trinajstić information content (AvgIpc) is 2.92. The lowest BCUT2D eigenvalue weighted by Crippen LogP contribution is -2.34. The number of carbonyl (C=O) groups is 1. The van der Waals surface area contributed by atoms with E-state index in [1.54, 1.807) is 4.90 Å². The summed E-state index contributed by atoms with van der Waals surface area (Å²) in [6.45, 7) is 2.57. The van der Waals surface area contributed by atoms with E-state index in [1.165, 1.54) is 0 Å². The number of urea groups is 1. The maximum atomic E-state index is 12.5. The van der Waals surface area contributed by atoms with E-state index in [-0.39, 0.29) is 6.03 Å². The predicted octanol–water partition coefficient (Wildman–Crippen LogP) is 4.23. The van der Waals surface area contributed by atoms with Crippen molar-refractivity contribution in [1.82, 2.24) is 4.98 Å². The molecule has 0 unspecified atom stereocenters. The monoisotopic (exact) mass is 279 g/mol. The van der Waals surface area contributed by atoms with Gasteiger partial charge in [0.25, 0.3) is 0 Å². The number of hydrogen-bond donors (Lipinski definition) is 2. The van der Waals surface area contributed by atoms with Gasteiger partial charge in [-0.1, -0.05) is 36.4 Å². The summed E-state index contributed by atoms with van der Waals surface area (Å²) in [5.41, 5.74) is 2.69. The molecule has 2 amide bonds. The lowest BCUT2D eigenvalue weighted by atomic mass is 10.2. The second-order valence-corrected chi connectivity index (χ2v) is 4.76. The maximum absolute atomic E-state index is 12.5. The first-order chi connectivity index (χ1) is 10.3. The van der Waals surface area contributed by atoms with Crippen molar-refractivity contribution < 1.29 is 4.79 Å². The largest absolute Gasteiger partial charge is 0.359 e. The van der Waals surface area contributed by atoms with E-state index in [2.05, 4.69) is 10.3 Å². The van der Waals surface area contributed by atoms with Crippen molar-refractivity contribution in [1.29, 1.82) is 0 Å². The van der Waals surface area contributed by atoms with Crippen LogP contribution >= 0.6 is 0 Å². The van der Waals surface area contributed by atoms with Crippen LogP contribution < -0.4 is 10.2 Å². The summed E-state index contributed by atoms with van der Waals surface area (Å²) < 4.78 is 0. The molecule has 0 radical (unpaired) electrons. The number of nitrogens with zero attached hydrogens (tertiary/aromatic N) is 1. The van der Waals surface area contributed by atoms with E-state index >= 15 is 0 Å². The van der Waals surface area contributed by atoms with Gasteiger partial charge in [0.15, 0.2) is 0 Å². The van der Waals surface area contributed by atoms with Crippen LogP contribution in [0.15, 0.2) is 60.8 Å². The molecule has 2 aromatic carbocycles. The van der Waals surface area contributed by atoms with Crippen LogP contribution in [0.3, 0.4) is 0 Å². The fraction of sp³-hybridized carbons (Fsp3) is 0.118. The van der Waals surface area contributed by atoms with Crippen LogP contribution in [0, 0.1) is 0 Å². The van der Waals surface area contributed by atoms with Crippen molar-refractivity contribution in [2.24, 2.45) is 0 Å². The van der Waals surface area contributed by atoms with E-state index in [4.69, 9.17) is 0 Å². The fourth-order valence-electron chi connectivity index (χ4n) is 2.41. The van der Waals surface area contributed by atoms with Crippen molar-refractivity contribution in [2.75, 3.05) is 16.8 Å². The molecule has 4 nitrogen and oxygen atoms in total. The number of anilines is 2. The molecule has 0 aliphatic carbocycles. The highest BCUT2D eigenvalue weighted by Crippen LogP contribution is 2.23. The summed E-state index contributed by atoms with van der Waals surface area (Å²) in [4.78, 5) is 17.4. The predicted molar refractivity (Wildman–Crippen MR) is 86.8 cm³/mol. The molecule has 0 atom stereocenters. The van der Waals surface area contributed by atoms with E-state index in [0.29, 0.717) is 6.54 Å². The summed E-state index contributed by atoms with van der Waals surface area (Å²) in [6, 6.07) is 17.4. The first-order valence-electron chi connectivity index (χ1n) is 6.99. The van der Waals surface area contributed by atoms with Gasteiger partial charge in [-0.2, -0.15) is 0 Å². The van der Waals surface area contributed by atoms with Crippen molar-refractivity contribution in [3.63, 3.8) is 0 Å². The number of fused-ring (bicyclic) bond motifs is 1. The Morgan fingerprint density at radius 2 is 1.81 bits per heavy atom. The second-order valence-electron chi connectivity index (χ2n) is 4.76. The van der Waals surface area contributed by atoms with Gasteiger partial charge >= 0.3 is 6.03 Å². The van der Waals surface area contributed by atoms with Gasteiger partial charge < -0.3 is 10.3 Å². The third kappa shape index (κ3) is 2.60. The van der Waals surface area contributed by atoms with Gasteiger partial charge in [0.05, 0.1) is 5.69 Å². The van der Waals surface area contributed by atoms with Crippen LogP contribution in [-0.4, -0.2) is 17.6 Å². The molecular formula is C17H17N3O. The first kappa shape index (κ1) is 13.2. The van der Waals surface area contributed by atoms with Crippen LogP contribution in [0.2, 0.25) is 0 Å². The molecule has 0 aliphatic heterocycles. The number of nitrogens with one attached hydrogen (secondary N) is 2. The summed E-state index contributed by atoms with van der Waals surface area (Å²) >= 11 is 0. The van der Waals surface area contributed by atoms with Gasteiger partial charge in [0, 0.05) is 29.3 Å². The van der Waals surface area contributed by atoms with Crippen LogP contribution in [-0.2, 0) is 0 Å². The highest BCUT2D eigenvalue weighted by Gasteiger charge is 2.15. The molecule has 0 saturated carbocycles. The molecule has 3 rings (SSSR count). The van der Waals surface area contributed by atoms with Crippen molar-refractivity contribution >= 4 is 28.3 Å². The van der Waals surface area contributed by atoms with Gasteiger partial charge in [-0.3, -0.25) is 4.90 Å². The standard InChI is InChI=1S/C17H17N3O/c1-2-20(13-8-4-3-5-9-13)17(21)19-16-12-18-15-11-7-6-10-14(15)16/h3-12,18H,2H2,1H3,(H,19,21). The highest BCUT2D eigenvalue weighted by atomic mass is 16.2. The Kier molecular flexibility index (Phi) is 3.60. The molecule has 0 spiro atoms. The van der Waals surface area contributed by atoms with Crippen LogP contribution in [0.4, 0.5) is 16.2 Å². The number of H-pyrrole nitrogens is 1. The van der Waals surface area contributed by atoms with E-state index in [9.17, 15) is 4.79 Å². The average molecular weight is 279 g/mol. The minimum absolute atomic E-state index is 0.131. The zero-order valence-corrected chi connectivity index (χ0v) is 11.8. The fourth-order valence-corrected chi connectivity index (χ4v) is 2.41. The number of benzene rings is 2. The normalized spacial score (nSPS) is 10.5. The van der Waals surface area contributed by atoms with Gasteiger partial charge in [-0.05, 0) is 25.1 Å². The van der Waals surface area contributed by atoms with Gasteiger partial charge in [-0.15, -0.1) is 0 Å². The summed E-state index contributed by atoms with van der Waals surface area (Å²) in [5.74, 6) is 0. The Balaban J connectivity index is 1.85. The Labute approximate surface area is 123 Å². The molecule has 3 aromatic rings. The minimum atomic E-state index is -0.131. The molecule has 0 aliphatic rings. The maximum Gasteiger partial charge on any atom is 0.326 e. The first-order valence-corrected chi connectivity index (χ1v) is 6.99. The van der Waals surface area contributed by atoms with Gasteiger partial charge in [-0.25, -0.2) is 4.79 Å². The van der Waals surface area contributed by atoms with Gasteiger partial charge in [0.1, 0.15) is 0 Å². The topological polar surface area (TPSA) is 48.1 Å². The molecule has 21 heavy (non-hydrogen) atoms. The van der Waals surface area contributed by atoms with Gasteiger partial charge in [0.2, 0.25) is 0 Å². The zero-order valence-electron chi connectivity index (χ0n) is 11.8. The van der Waals surface area contributed by atoms with Crippen LogP contribution in [0.25, 0.3) is 10.9 Å². The molecule has 0 fully saturated rings. The molecule has 2 N–H and O–H groups in total. The van der Waals surface area contributed by atoms with Crippen molar-refractivity contribution in [2.45, 2.75) is 6.92 Å². The molecule has 0 saturated heterocycles. The Bertz CT molecular complexity index is 749. The molecular weight excluding hydrogens is 262 g/mol.